The summed E-state index contributed by atoms with van der Waals surface area (Å²) in [5, 5.41) is 11.2. The topological polar surface area (TPSA) is 54.2 Å². The van der Waals surface area contributed by atoms with Crippen LogP contribution in [0.25, 0.3) is 0 Å². The van der Waals surface area contributed by atoms with E-state index in [4.69, 9.17) is 0 Å². The first-order chi connectivity index (χ1) is 10.6. The molecule has 134 valence electrons. The van der Waals surface area contributed by atoms with Crippen LogP contribution < -0.4 is 10.6 Å². The second kappa shape index (κ2) is 12.6. The molecule has 1 heterocycles. The van der Waals surface area contributed by atoms with Gasteiger partial charge in [-0.1, -0.05) is 26.2 Å². The number of hydrogen-bond acceptors (Lipinski definition) is 2. The van der Waals surface area contributed by atoms with E-state index in [1.54, 1.807) is 0 Å². The molecule has 0 fully saturated rings. The second-order valence-corrected chi connectivity index (χ2v) is 5.77. The highest BCUT2D eigenvalue weighted by atomic mass is 127. The lowest BCUT2D eigenvalue weighted by atomic mass is 10.1. The van der Waals surface area contributed by atoms with Gasteiger partial charge in [0, 0.05) is 32.4 Å². The van der Waals surface area contributed by atoms with Crippen molar-refractivity contribution in [3.8, 4) is 0 Å². The van der Waals surface area contributed by atoms with Crippen LogP contribution in [0, 0.1) is 13.8 Å². The maximum absolute atomic E-state index is 4.64. The number of unbranched alkanes of at least 4 members (excludes halogenated alkanes) is 3. The number of aromatic nitrogens is 2. The van der Waals surface area contributed by atoms with Crippen molar-refractivity contribution in [1.29, 1.82) is 0 Å². The van der Waals surface area contributed by atoms with Gasteiger partial charge in [-0.2, -0.15) is 5.10 Å². The first kappa shape index (κ1) is 22.2. The third kappa shape index (κ3) is 8.04. The Hall–Kier alpha value is -0.790. The number of hydrogen-bond donors (Lipinski definition) is 2. The van der Waals surface area contributed by atoms with E-state index in [0.717, 1.165) is 37.7 Å². The minimum Gasteiger partial charge on any atom is -0.357 e. The summed E-state index contributed by atoms with van der Waals surface area (Å²) < 4.78 is 1.96. The zero-order valence-electron chi connectivity index (χ0n) is 15.4. The van der Waals surface area contributed by atoms with Gasteiger partial charge in [-0.25, -0.2) is 0 Å². The zero-order valence-corrected chi connectivity index (χ0v) is 17.7. The summed E-state index contributed by atoms with van der Waals surface area (Å²) in [6.07, 6.45) is 6.00. The molecule has 6 heteroatoms. The first-order valence-electron chi connectivity index (χ1n) is 8.61. The van der Waals surface area contributed by atoms with Gasteiger partial charge in [-0.15, -0.1) is 24.0 Å². The van der Waals surface area contributed by atoms with Crippen molar-refractivity contribution < 1.29 is 0 Å². The Morgan fingerprint density at radius 2 is 1.87 bits per heavy atom. The van der Waals surface area contributed by atoms with Crippen molar-refractivity contribution in [2.75, 3.05) is 19.6 Å². The molecule has 0 radical (unpaired) electrons. The summed E-state index contributed by atoms with van der Waals surface area (Å²) in [5.74, 6) is 0.929. The van der Waals surface area contributed by atoms with Crippen LogP contribution in [0.15, 0.2) is 4.99 Å². The van der Waals surface area contributed by atoms with E-state index in [2.05, 4.69) is 48.4 Å². The number of nitrogens with one attached hydrogen (secondary N) is 2. The molecule has 0 amide bonds. The lowest BCUT2D eigenvalue weighted by Crippen LogP contribution is -2.38. The number of halogens is 1. The summed E-state index contributed by atoms with van der Waals surface area (Å²) in [4.78, 5) is 4.64. The van der Waals surface area contributed by atoms with Crippen LogP contribution in [0.4, 0.5) is 0 Å². The van der Waals surface area contributed by atoms with Gasteiger partial charge < -0.3 is 10.6 Å². The normalized spacial score (nSPS) is 11.3. The molecular formula is C17H34IN5. The molecule has 0 atom stereocenters. The maximum atomic E-state index is 4.64. The van der Waals surface area contributed by atoms with Crippen molar-refractivity contribution in [2.24, 2.45) is 12.0 Å². The third-order valence-electron chi connectivity index (χ3n) is 3.95. The van der Waals surface area contributed by atoms with Gasteiger partial charge in [0.05, 0.1) is 5.69 Å². The minimum atomic E-state index is 0. The molecule has 1 aromatic rings. The molecule has 0 aliphatic carbocycles. The molecule has 2 N–H and O–H groups in total. The van der Waals surface area contributed by atoms with E-state index in [1.165, 1.54) is 36.9 Å². The van der Waals surface area contributed by atoms with Crippen molar-refractivity contribution >= 4 is 29.9 Å². The largest absolute Gasteiger partial charge is 0.357 e. The van der Waals surface area contributed by atoms with E-state index < -0.39 is 0 Å². The van der Waals surface area contributed by atoms with Gasteiger partial charge >= 0.3 is 0 Å². The van der Waals surface area contributed by atoms with Crippen molar-refractivity contribution in [2.45, 2.75) is 59.8 Å². The number of nitrogens with zero attached hydrogens (tertiary/aromatic N) is 3. The highest BCUT2D eigenvalue weighted by molar-refractivity contribution is 14.0. The fourth-order valence-corrected chi connectivity index (χ4v) is 2.56. The molecule has 0 aromatic carbocycles. The van der Waals surface area contributed by atoms with Gasteiger partial charge in [-0.3, -0.25) is 9.67 Å². The average Bonchev–Trinajstić information content (AvgIpc) is 2.73. The van der Waals surface area contributed by atoms with Crippen molar-refractivity contribution in [3.63, 3.8) is 0 Å². The predicted octanol–water partition coefficient (Wildman–Crippen LogP) is 3.33. The fourth-order valence-electron chi connectivity index (χ4n) is 2.56. The first-order valence-corrected chi connectivity index (χ1v) is 8.61. The summed E-state index contributed by atoms with van der Waals surface area (Å²) in [6, 6.07) is 0. The van der Waals surface area contributed by atoms with E-state index in [0.29, 0.717) is 0 Å². The smallest absolute Gasteiger partial charge is 0.191 e. The summed E-state index contributed by atoms with van der Waals surface area (Å²) in [6.45, 7) is 11.2. The number of aryl methyl sites for hydroxylation is 2. The Balaban J connectivity index is 0.00000484. The maximum Gasteiger partial charge on any atom is 0.191 e. The van der Waals surface area contributed by atoms with Crippen molar-refractivity contribution in [3.05, 3.63) is 17.0 Å². The van der Waals surface area contributed by atoms with Crippen LogP contribution in [0.1, 0.15) is 56.5 Å². The molecule has 1 rings (SSSR count). The molecule has 0 spiro atoms. The van der Waals surface area contributed by atoms with E-state index >= 15 is 0 Å². The summed E-state index contributed by atoms with van der Waals surface area (Å²) in [5.41, 5.74) is 3.72. The molecule has 0 saturated heterocycles. The molecular weight excluding hydrogens is 401 g/mol. The summed E-state index contributed by atoms with van der Waals surface area (Å²) >= 11 is 0. The molecule has 0 aliphatic heterocycles. The second-order valence-electron chi connectivity index (χ2n) is 5.77. The SMILES string of the molecule is CCCCCCN=C(NCC)NCCc1c(C)nn(C)c1C.I. The third-order valence-corrected chi connectivity index (χ3v) is 3.95. The lowest BCUT2D eigenvalue weighted by molar-refractivity contribution is 0.670. The van der Waals surface area contributed by atoms with Crippen LogP contribution in [0.5, 0.6) is 0 Å². The van der Waals surface area contributed by atoms with Gasteiger partial charge in [0.25, 0.3) is 0 Å². The molecule has 0 unspecified atom stereocenters. The van der Waals surface area contributed by atoms with Gasteiger partial charge in [0.2, 0.25) is 0 Å². The van der Waals surface area contributed by atoms with Crippen LogP contribution in [-0.4, -0.2) is 35.4 Å². The molecule has 23 heavy (non-hydrogen) atoms. The molecule has 5 nitrogen and oxygen atoms in total. The van der Waals surface area contributed by atoms with Crippen LogP contribution in [0.3, 0.4) is 0 Å². The minimum absolute atomic E-state index is 0. The fraction of sp³-hybridized carbons (Fsp3) is 0.765. The number of aliphatic imine (C=N–C) groups is 1. The van der Waals surface area contributed by atoms with Gasteiger partial charge in [0.1, 0.15) is 0 Å². The Morgan fingerprint density at radius 3 is 2.43 bits per heavy atom. The van der Waals surface area contributed by atoms with Gasteiger partial charge in [-0.05, 0) is 39.2 Å². The molecule has 0 aliphatic rings. The highest BCUT2D eigenvalue weighted by Crippen LogP contribution is 2.11. The zero-order chi connectivity index (χ0) is 16.4. The Bertz CT molecular complexity index is 468. The van der Waals surface area contributed by atoms with Crippen LogP contribution >= 0.6 is 24.0 Å². The number of rotatable bonds is 9. The highest BCUT2D eigenvalue weighted by Gasteiger charge is 2.08. The quantitative estimate of drug-likeness (QED) is 0.271. The molecule has 1 aromatic heterocycles. The van der Waals surface area contributed by atoms with E-state index in [-0.39, 0.29) is 24.0 Å². The lowest BCUT2D eigenvalue weighted by Gasteiger charge is -2.11. The van der Waals surface area contributed by atoms with E-state index in [9.17, 15) is 0 Å². The number of guanidine groups is 1. The molecule has 0 bridgehead atoms. The standard InChI is InChI=1S/C17H33N5.HI/c1-6-8-9-10-12-19-17(18-7-2)20-13-11-16-14(3)21-22(5)15(16)4;/h6-13H2,1-5H3,(H2,18,19,20);1H. The Labute approximate surface area is 158 Å². The monoisotopic (exact) mass is 435 g/mol. The van der Waals surface area contributed by atoms with Crippen LogP contribution in [0.2, 0.25) is 0 Å². The Morgan fingerprint density at radius 1 is 1.13 bits per heavy atom. The van der Waals surface area contributed by atoms with Crippen molar-refractivity contribution in [1.82, 2.24) is 20.4 Å². The summed E-state index contributed by atoms with van der Waals surface area (Å²) in [7, 11) is 2.00. The Kier molecular flexibility index (Phi) is 12.2. The van der Waals surface area contributed by atoms with Gasteiger partial charge in [0.15, 0.2) is 5.96 Å². The average molecular weight is 435 g/mol. The molecule has 0 saturated carbocycles. The van der Waals surface area contributed by atoms with E-state index in [1.807, 2.05) is 11.7 Å². The van der Waals surface area contributed by atoms with Crippen LogP contribution in [-0.2, 0) is 13.5 Å². The predicted molar refractivity (Wildman–Crippen MR) is 110 cm³/mol.